The van der Waals surface area contributed by atoms with Crippen LogP contribution in [0.3, 0.4) is 0 Å². The molecule has 0 radical (unpaired) electrons. The Bertz CT molecular complexity index is 463. The van der Waals surface area contributed by atoms with Gasteiger partial charge in [-0.15, -0.1) is 0 Å². The van der Waals surface area contributed by atoms with Gasteiger partial charge in [0.05, 0.1) is 5.92 Å². The SMILES string of the molecule is O=C(O)C1CN(C(=O)c2cc(F)cc(F)c2)C1. The van der Waals surface area contributed by atoms with E-state index in [4.69, 9.17) is 5.11 Å². The summed E-state index contributed by atoms with van der Waals surface area (Å²) in [5.74, 6) is -3.77. The van der Waals surface area contributed by atoms with Crippen LogP contribution in [0, 0.1) is 17.6 Å². The van der Waals surface area contributed by atoms with Gasteiger partial charge in [0.2, 0.25) is 0 Å². The van der Waals surface area contributed by atoms with Crippen molar-refractivity contribution in [3.63, 3.8) is 0 Å². The van der Waals surface area contributed by atoms with Crippen LogP contribution in [-0.2, 0) is 4.79 Å². The van der Waals surface area contributed by atoms with E-state index in [1.165, 1.54) is 4.90 Å². The van der Waals surface area contributed by atoms with Gasteiger partial charge in [0.1, 0.15) is 11.6 Å². The fourth-order valence-electron chi connectivity index (χ4n) is 1.66. The number of carboxylic acid groups (broad SMARTS) is 1. The van der Waals surface area contributed by atoms with Crippen molar-refractivity contribution in [1.82, 2.24) is 4.90 Å². The van der Waals surface area contributed by atoms with Crippen LogP contribution in [0.1, 0.15) is 10.4 Å². The molecule has 4 nitrogen and oxygen atoms in total. The highest BCUT2D eigenvalue weighted by atomic mass is 19.1. The summed E-state index contributed by atoms with van der Waals surface area (Å²) in [4.78, 5) is 23.5. The van der Waals surface area contributed by atoms with Crippen LogP contribution < -0.4 is 0 Å². The number of rotatable bonds is 2. The Morgan fingerprint density at radius 1 is 1.18 bits per heavy atom. The molecule has 0 aromatic heterocycles. The van der Waals surface area contributed by atoms with Crippen molar-refractivity contribution in [3.05, 3.63) is 35.4 Å². The highest BCUT2D eigenvalue weighted by Crippen LogP contribution is 2.19. The second-order valence-corrected chi connectivity index (χ2v) is 3.90. The van der Waals surface area contributed by atoms with Crippen molar-refractivity contribution in [3.8, 4) is 0 Å². The van der Waals surface area contributed by atoms with Crippen molar-refractivity contribution in [2.45, 2.75) is 0 Å². The highest BCUT2D eigenvalue weighted by molar-refractivity contribution is 5.95. The maximum absolute atomic E-state index is 12.9. The van der Waals surface area contributed by atoms with Crippen LogP contribution >= 0.6 is 0 Å². The Morgan fingerprint density at radius 3 is 2.18 bits per heavy atom. The van der Waals surface area contributed by atoms with Crippen molar-refractivity contribution in [2.75, 3.05) is 13.1 Å². The molecule has 1 N–H and O–H groups in total. The first kappa shape index (κ1) is 11.5. The van der Waals surface area contributed by atoms with Gasteiger partial charge in [-0.3, -0.25) is 9.59 Å². The van der Waals surface area contributed by atoms with Crippen LogP contribution in [0.5, 0.6) is 0 Å². The Kier molecular flexibility index (Phi) is 2.79. The molecule has 1 heterocycles. The second-order valence-electron chi connectivity index (χ2n) is 3.90. The zero-order valence-corrected chi connectivity index (χ0v) is 8.69. The van der Waals surface area contributed by atoms with E-state index < -0.39 is 29.4 Å². The normalized spacial score (nSPS) is 15.5. The third kappa shape index (κ3) is 2.25. The number of carbonyl (C=O) groups excluding carboxylic acids is 1. The third-order valence-electron chi connectivity index (χ3n) is 2.63. The van der Waals surface area contributed by atoms with Crippen LogP contribution in [0.4, 0.5) is 8.78 Å². The molecule has 0 atom stereocenters. The number of likely N-dealkylation sites (tertiary alicyclic amines) is 1. The number of carbonyl (C=O) groups is 2. The first-order valence-corrected chi connectivity index (χ1v) is 4.95. The summed E-state index contributed by atoms with van der Waals surface area (Å²) in [5, 5.41) is 8.63. The smallest absolute Gasteiger partial charge is 0.310 e. The molecule has 1 aliphatic rings. The summed E-state index contributed by atoms with van der Waals surface area (Å²) in [5.41, 5.74) is -0.105. The first-order valence-electron chi connectivity index (χ1n) is 4.95. The molecule has 0 spiro atoms. The van der Waals surface area contributed by atoms with E-state index >= 15 is 0 Å². The summed E-state index contributed by atoms with van der Waals surface area (Å²) < 4.78 is 25.7. The highest BCUT2D eigenvalue weighted by Gasteiger charge is 2.36. The second kappa shape index (κ2) is 4.12. The van der Waals surface area contributed by atoms with Crippen LogP contribution in [0.25, 0.3) is 0 Å². The molecule has 1 saturated heterocycles. The lowest BCUT2D eigenvalue weighted by Gasteiger charge is -2.36. The molecule has 1 aromatic carbocycles. The molecule has 1 fully saturated rings. The van der Waals surface area contributed by atoms with Gasteiger partial charge in [0.25, 0.3) is 5.91 Å². The Morgan fingerprint density at radius 2 is 1.71 bits per heavy atom. The lowest BCUT2D eigenvalue weighted by atomic mass is 9.99. The van der Waals surface area contributed by atoms with Crippen molar-refractivity contribution in [2.24, 2.45) is 5.92 Å². The van der Waals surface area contributed by atoms with Crippen LogP contribution in [0.15, 0.2) is 18.2 Å². The fourth-order valence-corrected chi connectivity index (χ4v) is 1.66. The van der Waals surface area contributed by atoms with E-state index in [9.17, 15) is 18.4 Å². The molecule has 6 heteroatoms. The van der Waals surface area contributed by atoms with Gasteiger partial charge in [-0.2, -0.15) is 0 Å². The van der Waals surface area contributed by atoms with Gasteiger partial charge < -0.3 is 10.0 Å². The molecule has 0 bridgehead atoms. The summed E-state index contributed by atoms with van der Waals surface area (Å²) >= 11 is 0. The topological polar surface area (TPSA) is 57.6 Å². The van der Waals surface area contributed by atoms with Gasteiger partial charge in [-0.25, -0.2) is 8.78 Å². The molecule has 17 heavy (non-hydrogen) atoms. The van der Waals surface area contributed by atoms with Crippen molar-refractivity contribution in [1.29, 1.82) is 0 Å². The average molecular weight is 241 g/mol. The number of carboxylic acids is 1. The van der Waals surface area contributed by atoms with E-state index in [2.05, 4.69) is 0 Å². The quantitative estimate of drug-likeness (QED) is 0.844. The zero-order chi connectivity index (χ0) is 12.6. The Hall–Kier alpha value is -1.98. The van der Waals surface area contributed by atoms with E-state index in [1.54, 1.807) is 0 Å². The number of amides is 1. The van der Waals surface area contributed by atoms with Crippen LogP contribution in [-0.4, -0.2) is 35.0 Å². The van der Waals surface area contributed by atoms with Gasteiger partial charge in [-0.1, -0.05) is 0 Å². The van der Waals surface area contributed by atoms with Crippen molar-refractivity contribution < 1.29 is 23.5 Å². The van der Waals surface area contributed by atoms with Gasteiger partial charge in [0.15, 0.2) is 0 Å². The van der Waals surface area contributed by atoms with E-state index in [0.717, 1.165) is 12.1 Å². The molecule has 2 rings (SSSR count). The number of hydrogen-bond donors (Lipinski definition) is 1. The molecule has 1 aromatic rings. The molecular weight excluding hydrogens is 232 g/mol. The van der Waals surface area contributed by atoms with E-state index in [0.29, 0.717) is 6.07 Å². The third-order valence-corrected chi connectivity index (χ3v) is 2.63. The minimum atomic E-state index is -0.973. The molecular formula is C11H9F2NO3. The predicted molar refractivity (Wildman–Crippen MR) is 53.4 cm³/mol. The maximum Gasteiger partial charge on any atom is 0.310 e. The Balaban J connectivity index is 2.09. The summed E-state index contributed by atoms with van der Waals surface area (Å²) in [7, 11) is 0. The average Bonchev–Trinajstić information content (AvgIpc) is 2.12. The van der Waals surface area contributed by atoms with Gasteiger partial charge in [-0.05, 0) is 12.1 Å². The number of nitrogens with zero attached hydrogens (tertiary/aromatic N) is 1. The molecule has 1 amide bonds. The fraction of sp³-hybridized carbons (Fsp3) is 0.273. The molecule has 0 saturated carbocycles. The zero-order valence-electron chi connectivity index (χ0n) is 8.69. The van der Waals surface area contributed by atoms with Crippen LogP contribution in [0.2, 0.25) is 0 Å². The van der Waals surface area contributed by atoms with E-state index in [1.807, 2.05) is 0 Å². The molecule has 90 valence electrons. The number of aliphatic carboxylic acids is 1. The van der Waals surface area contributed by atoms with Gasteiger partial charge >= 0.3 is 5.97 Å². The first-order chi connectivity index (χ1) is 7.97. The predicted octanol–water partition coefficient (Wildman–Crippen LogP) is 1.12. The minimum Gasteiger partial charge on any atom is -0.481 e. The lowest BCUT2D eigenvalue weighted by Crippen LogP contribution is -2.53. The van der Waals surface area contributed by atoms with Crippen molar-refractivity contribution >= 4 is 11.9 Å². The number of benzene rings is 1. The summed E-state index contributed by atoms with van der Waals surface area (Å²) in [6, 6.07) is 2.53. The van der Waals surface area contributed by atoms with E-state index in [-0.39, 0.29) is 18.7 Å². The summed E-state index contributed by atoms with van der Waals surface area (Å²) in [6.45, 7) is 0.151. The summed E-state index contributed by atoms with van der Waals surface area (Å²) in [6.07, 6.45) is 0. The maximum atomic E-state index is 12.9. The molecule has 0 unspecified atom stereocenters. The molecule has 0 aliphatic carbocycles. The Labute approximate surface area is 95.5 Å². The minimum absolute atomic E-state index is 0.0757. The number of halogens is 2. The lowest BCUT2D eigenvalue weighted by molar-refractivity contribution is -0.146. The largest absolute Gasteiger partial charge is 0.481 e. The monoisotopic (exact) mass is 241 g/mol. The molecule has 1 aliphatic heterocycles. The standard InChI is InChI=1S/C11H9F2NO3/c12-8-1-6(2-9(13)3-8)10(15)14-4-7(5-14)11(16)17/h1-3,7H,4-5H2,(H,16,17). The number of hydrogen-bond acceptors (Lipinski definition) is 2. The van der Waals surface area contributed by atoms with Gasteiger partial charge in [0, 0.05) is 24.7 Å².